The van der Waals surface area contributed by atoms with Crippen molar-refractivity contribution in [2.45, 2.75) is 224 Å². The first-order chi connectivity index (χ1) is 29.4. The minimum Gasteiger partial charge on any atom is -0.462 e. The van der Waals surface area contributed by atoms with Gasteiger partial charge >= 0.3 is 19.8 Å². The number of unbranched alkanes of at least 4 members (excludes halogenated alkanes) is 18. The maximum absolute atomic E-state index is 12.8. The van der Waals surface area contributed by atoms with Gasteiger partial charge in [0, 0.05) is 12.8 Å². The van der Waals surface area contributed by atoms with Crippen LogP contribution in [0.2, 0.25) is 0 Å². The third kappa shape index (κ3) is 29.7. The van der Waals surface area contributed by atoms with Gasteiger partial charge < -0.3 is 39.9 Å². The molecule has 13 nitrogen and oxygen atoms in total. The van der Waals surface area contributed by atoms with E-state index in [0.717, 1.165) is 44.9 Å². The first-order valence-electron chi connectivity index (χ1n) is 23.4. The fraction of sp³-hybridized carbons (Fsp3) is 0.787. The standard InChI is InChI=1S/C47H83O13P/c1-3-5-7-9-11-13-15-17-19-20-22-24-26-28-30-32-34-36-41(49)59-39(38-58-61(55,56)60-47-45(53)43(51)42(50)44(52)46(47)54)37-57-40(48)35-33-31-29-27-25-23-21-18-16-14-12-10-8-6-4-2/h17,19,22-25,28,30,39,42-47,50-54H,3-16,18,20-21,26-27,29,31-38H2,1-2H3,(H,55,56)/b19-17+,24-22+,25-23+,30-28+/t39-,42?,43+,44?,45?,46?,47?/m1/s1. The molecule has 1 fully saturated rings. The molecule has 6 unspecified atom stereocenters. The predicted octanol–water partition coefficient (Wildman–Crippen LogP) is 9.17. The van der Waals surface area contributed by atoms with Crippen molar-refractivity contribution in [1.29, 1.82) is 0 Å². The molecule has 0 aromatic carbocycles. The summed E-state index contributed by atoms with van der Waals surface area (Å²) in [4.78, 5) is 35.7. The lowest BCUT2D eigenvalue weighted by atomic mass is 9.85. The average Bonchev–Trinajstić information content (AvgIpc) is 3.24. The molecule has 0 saturated heterocycles. The Morgan fingerprint density at radius 3 is 1.41 bits per heavy atom. The highest BCUT2D eigenvalue weighted by molar-refractivity contribution is 7.47. The molecule has 0 radical (unpaired) electrons. The molecular weight excluding hydrogens is 803 g/mol. The van der Waals surface area contributed by atoms with E-state index in [-0.39, 0.29) is 12.8 Å². The molecule has 0 bridgehead atoms. The summed E-state index contributed by atoms with van der Waals surface area (Å²) in [5.41, 5.74) is 0. The number of hydrogen-bond donors (Lipinski definition) is 6. The van der Waals surface area contributed by atoms with Gasteiger partial charge in [0.05, 0.1) is 6.61 Å². The van der Waals surface area contributed by atoms with Crippen LogP contribution in [-0.4, -0.2) is 98.3 Å². The van der Waals surface area contributed by atoms with E-state index in [2.05, 4.69) is 50.3 Å². The Labute approximate surface area is 367 Å². The summed E-state index contributed by atoms with van der Waals surface area (Å²) in [5.74, 6) is -1.18. The van der Waals surface area contributed by atoms with Gasteiger partial charge in [-0.25, -0.2) is 4.57 Å². The van der Waals surface area contributed by atoms with Crippen molar-refractivity contribution in [3.8, 4) is 0 Å². The number of allylic oxidation sites excluding steroid dienone is 8. The van der Waals surface area contributed by atoms with Crippen LogP contribution in [0.1, 0.15) is 181 Å². The number of hydrogen-bond acceptors (Lipinski definition) is 12. The first-order valence-corrected chi connectivity index (χ1v) is 24.9. The summed E-state index contributed by atoms with van der Waals surface area (Å²) in [5, 5.41) is 50.1. The number of phosphoric ester groups is 1. The van der Waals surface area contributed by atoms with E-state index in [1.165, 1.54) is 89.9 Å². The SMILES string of the molecule is CCCCCCCC/C=C/C/C=C/C/C=C/CCCC(=O)O[C@H](COC(=O)CCCCC/C=C/CCCCCCCCCC)COP(=O)(O)OC1C(O)C(O)C(O)[C@H](O)C1O. The summed E-state index contributed by atoms with van der Waals surface area (Å²) in [6, 6.07) is 0. The zero-order chi connectivity index (χ0) is 45.0. The molecule has 1 rings (SSSR count). The van der Waals surface area contributed by atoms with Crippen LogP contribution >= 0.6 is 7.82 Å². The van der Waals surface area contributed by atoms with Crippen LogP contribution in [0.15, 0.2) is 48.6 Å². The van der Waals surface area contributed by atoms with Gasteiger partial charge in [-0.3, -0.25) is 18.6 Å². The third-order valence-corrected chi connectivity index (χ3v) is 11.6. The topological polar surface area (TPSA) is 210 Å². The van der Waals surface area contributed by atoms with Crippen molar-refractivity contribution in [2.24, 2.45) is 0 Å². The molecule has 0 aliphatic heterocycles. The Hall–Kier alpha value is -2.19. The summed E-state index contributed by atoms with van der Waals surface area (Å²) in [6.45, 7) is 3.23. The van der Waals surface area contributed by atoms with Crippen molar-refractivity contribution in [1.82, 2.24) is 0 Å². The number of rotatable bonds is 38. The molecule has 354 valence electrons. The van der Waals surface area contributed by atoms with Crippen molar-refractivity contribution >= 4 is 19.8 Å². The van der Waals surface area contributed by atoms with Crippen LogP contribution in [0, 0.1) is 0 Å². The van der Waals surface area contributed by atoms with Gasteiger partial charge in [0.2, 0.25) is 0 Å². The molecule has 14 heteroatoms. The minimum atomic E-state index is -5.13. The van der Waals surface area contributed by atoms with Gasteiger partial charge in [-0.2, -0.15) is 0 Å². The number of aliphatic hydroxyl groups excluding tert-OH is 5. The smallest absolute Gasteiger partial charge is 0.462 e. The molecule has 0 aromatic rings. The molecule has 0 aromatic heterocycles. The van der Waals surface area contributed by atoms with Crippen LogP contribution in [0.3, 0.4) is 0 Å². The van der Waals surface area contributed by atoms with Gasteiger partial charge in [0.25, 0.3) is 0 Å². The second kappa shape index (κ2) is 37.2. The maximum Gasteiger partial charge on any atom is 0.472 e. The van der Waals surface area contributed by atoms with E-state index in [9.17, 15) is 44.6 Å². The van der Waals surface area contributed by atoms with E-state index in [0.29, 0.717) is 19.3 Å². The number of aliphatic hydroxyl groups is 5. The lowest BCUT2D eigenvalue weighted by Gasteiger charge is -2.41. The van der Waals surface area contributed by atoms with Gasteiger partial charge in [-0.05, 0) is 70.6 Å². The molecular formula is C47H83O13P. The number of ether oxygens (including phenoxy) is 2. The second-order valence-corrected chi connectivity index (χ2v) is 17.7. The van der Waals surface area contributed by atoms with Gasteiger partial charge in [0.15, 0.2) is 6.10 Å². The maximum atomic E-state index is 12.8. The van der Waals surface area contributed by atoms with Crippen LogP contribution in [0.5, 0.6) is 0 Å². The third-order valence-electron chi connectivity index (χ3n) is 10.6. The molecule has 61 heavy (non-hydrogen) atoms. The number of carbonyl (C=O) groups is 2. The normalized spacial score (nSPS) is 22.4. The first kappa shape index (κ1) is 56.8. The highest BCUT2D eigenvalue weighted by Gasteiger charge is 2.51. The lowest BCUT2D eigenvalue weighted by Crippen LogP contribution is -2.64. The van der Waals surface area contributed by atoms with Gasteiger partial charge in [0.1, 0.15) is 43.2 Å². The molecule has 0 amide bonds. The summed E-state index contributed by atoms with van der Waals surface area (Å²) in [6.07, 6.45) is 30.3. The summed E-state index contributed by atoms with van der Waals surface area (Å²) >= 11 is 0. The highest BCUT2D eigenvalue weighted by Crippen LogP contribution is 2.47. The van der Waals surface area contributed by atoms with Gasteiger partial charge in [-0.1, -0.05) is 146 Å². The summed E-state index contributed by atoms with van der Waals surface area (Å²) < 4.78 is 33.4. The van der Waals surface area contributed by atoms with E-state index >= 15 is 0 Å². The van der Waals surface area contributed by atoms with Crippen LogP contribution in [0.25, 0.3) is 0 Å². The van der Waals surface area contributed by atoms with E-state index < -0.39 is 75.7 Å². The minimum absolute atomic E-state index is 0.0213. The molecule has 1 aliphatic carbocycles. The Morgan fingerprint density at radius 1 is 0.508 bits per heavy atom. The van der Waals surface area contributed by atoms with Gasteiger partial charge in [-0.15, -0.1) is 0 Å². The van der Waals surface area contributed by atoms with Crippen molar-refractivity contribution in [2.75, 3.05) is 13.2 Å². The molecule has 6 N–H and O–H groups in total. The number of phosphoric acid groups is 1. The Balaban J connectivity index is 2.51. The monoisotopic (exact) mass is 887 g/mol. The Kier molecular flexibility index (Phi) is 34.7. The zero-order valence-corrected chi connectivity index (χ0v) is 38.3. The van der Waals surface area contributed by atoms with E-state index in [1.807, 2.05) is 12.2 Å². The fourth-order valence-corrected chi connectivity index (χ4v) is 7.80. The Morgan fingerprint density at radius 2 is 0.902 bits per heavy atom. The molecule has 0 heterocycles. The molecule has 0 spiro atoms. The van der Waals surface area contributed by atoms with E-state index in [4.69, 9.17) is 18.5 Å². The molecule has 1 aliphatic rings. The summed E-state index contributed by atoms with van der Waals surface area (Å²) in [7, 11) is -5.13. The lowest BCUT2D eigenvalue weighted by molar-refractivity contribution is -0.220. The average molecular weight is 887 g/mol. The second-order valence-electron chi connectivity index (χ2n) is 16.3. The predicted molar refractivity (Wildman–Crippen MR) is 239 cm³/mol. The molecule has 1 saturated carbocycles. The quantitative estimate of drug-likeness (QED) is 0.0148. The number of esters is 2. The van der Waals surface area contributed by atoms with Crippen molar-refractivity contribution < 1.29 is 63.1 Å². The van der Waals surface area contributed by atoms with Crippen LogP contribution in [-0.2, 0) is 32.7 Å². The Bertz CT molecular complexity index is 1250. The van der Waals surface area contributed by atoms with Crippen LogP contribution in [0.4, 0.5) is 0 Å². The largest absolute Gasteiger partial charge is 0.472 e. The van der Waals surface area contributed by atoms with E-state index in [1.54, 1.807) is 0 Å². The van der Waals surface area contributed by atoms with Crippen molar-refractivity contribution in [3.05, 3.63) is 48.6 Å². The highest BCUT2D eigenvalue weighted by atomic mass is 31.2. The number of carbonyl (C=O) groups excluding carboxylic acids is 2. The van der Waals surface area contributed by atoms with Crippen molar-refractivity contribution in [3.63, 3.8) is 0 Å². The zero-order valence-electron chi connectivity index (χ0n) is 37.4. The van der Waals surface area contributed by atoms with Crippen LogP contribution < -0.4 is 0 Å². The fourth-order valence-electron chi connectivity index (χ4n) is 6.83. The molecule has 8 atom stereocenters.